The Labute approximate surface area is 84.4 Å². The Balaban J connectivity index is 0.000000292. The Hall–Kier alpha value is -1.38. The van der Waals surface area contributed by atoms with E-state index < -0.39 is 11.9 Å². The number of hydrogen-bond donors (Lipinski definition) is 0. The molecule has 0 unspecified atom stereocenters. The molecule has 0 aromatic carbocycles. The number of carbonyl (C=O) groups is 2. The maximum Gasteiger partial charge on any atom is 0.342 e. The number of esters is 2. The molecule has 0 bridgehead atoms. The van der Waals surface area contributed by atoms with E-state index >= 15 is 0 Å². The first kappa shape index (κ1) is 12.6. The molecule has 3 nitrogen and oxygen atoms in total. The molecule has 1 heterocycles. The Morgan fingerprint density at radius 1 is 1.14 bits per heavy atom. The number of hydrogen-bond acceptors (Lipinski definition) is 3. The van der Waals surface area contributed by atoms with E-state index in [1.165, 1.54) is 0 Å². The van der Waals surface area contributed by atoms with E-state index in [1.54, 1.807) is 13.8 Å². The van der Waals surface area contributed by atoms with Crippen LogP contribution < -0.4 is 0 Å². The van der Waals surface area contributed by atoms with E-state index in [9.17, 15) is 9.59 Å². The van der Waals surface area contributed by atoms with Crippen molar-refractivity contribution in [1.29, 1.82) is 0 Å². The highest BCUT2D eigenvalue weighted by atomic mass is 16.6. The fraction of sp³-hybridized carbons (Fsp3) is 0.455. The Morgan fingerprint density at radius 3 is 1.50 bits per heavy atom. The molecule has 0 atom stereocenters. The number of cyclic esters (lactones) is 2. The lowest BCUT2D eigenvalue weighted by molar-refractivity contribution is -0.151. The molecule has 0 amide bonds. The molecule has 0 N–H and O–H groups in total. The van der Waals surface area contributed by atoms with Gasteiger partial charge in [-0.1, -0.05) is 19.9 Å². The lowest BCUT2D eigenvalue weighted by Gasteiger charge is -1.84. The third kappa shape index (κ3) is 3.56. The van der Waals surface area contributed by atoms with Gasteiger partial charge in [0.05, 0.1) is 0 Å². The maximum atomic E-state index is 10.5. The van der Waals surface area contributed by atoms with Crippen LogP contribution in [0.25, 0.3) is 0 Å². The highest BCUT2D eigenvalue weighted by Gasteiger charge is 2.25. The topological polar surface area (TPSA) is 43.4 Å². The van der Waals surface area contributed by atoms with Gasteiger partial charge in [-0.2, -0.15) is 0 Å². The first-order valence-electron chi connectivity index (χ1n) is 4.46. The average Bonchev–Trinajstić information content (AvgIpc) is 2.34. The molecule has 0 spiro atoms. The van der Waals surface area contributed by atoms with Gasteiger partial charge in [-0.25, -0.2) is 9.59 Å². The summed E-state index contributed by atoms with van der Waals surface area (Å²) in [4.78, 5) is 21.0. The SMILES string of the molecule is C=CC(C)C.CC1=C(C)C(=O)OC1=O. The van der Waals surface area contributed by atoms with Crippen LogP contribution in [0.15, 0.2) is 23.8 Å². The van der Waals surface area contributed by atoms with Crippen molar-refractivity contribution in [3.05, 3.63) is 23.8 Å². The summed E-state index contributed by atoms with van der Waals surface area (Å²) in [5, 5.41) is 0. The van der Waals surface area contributed by atoms with E-state index in [1.807, 2.05) is 6.08 Å². The molecule has 14 heavy (non-hydrogen) atoms. The second kappa shape index (κ2) is 5.37. The van der Waals surface area contributed by atoms with Crippen molar-refractivity contribution < 1.29 is 14.3 Å². The molecular weight excluding hydrogens is 180 g/mol. The second-order valence-electron chi connectivity index (χ2n) is 3.41. The number of ether oxygens (including phenoxy) is 1. The minimum Gasteiger partial charge on any atom is -0.386 e. The van der Waals surface area contributed by atoms with E-state index in [-0.39, 0.29) is 0 Å². The van der Waals surface area contributed by atoms with Gasteiger partial charge in [0.1, 0.15) is 0 Å². The van der Waals surface area contributed by atoms with Gasteiger partial charge in [0.15, 0.2) is 0 Å². The molecular formula is C11H16O3. The monoisotopic (exact) mass is 196 g/mol. The summed E-state index contributed by atoms with van der Waals surface area (Å²) >= 11 is 0. The van der Waals surface area contributed by atoms with Crippen molar-refractivity contribution in [3.8, 4) is 0 Å². The van der Waals surface area contributed by atoms with Crippen molar-refractivity contribution >= 4 is 11.9 Å². The van der Waals surface area contributed by atoms with Gasteiger partial charge in [0, 0.05) is 11.1 Å². The zero-order valence-electron chi connectivity index (χ0n) is 9.09. The van der Waals surface area contributed by atoms with Crippen LogP contribution in [0.4, 0.5) is 0 Å². The van der Waals surface area contributed by atoms with Crippen molar-refractivity contribution in [3.63, 3.8) is 0 Å². The van der Waals surface area contributed by atoms with Gasteiger partial charge in [-0.15, -0.1) is 6.58 Å². The van der Waals surface area contributed by atoms with Crippen LogP contribution >= 0.6 is 0 Å². The molecule has 0 saturated carbocycles. The van der Waals surface area contributed by atoms with Crippen molar-refractivity contribution in [1.82, 2.24) is 0 Å². The molecule has 0 aliphatic carbocycles. The van der Waals surface area contributed by atoms with E-state index in [0.29, 0.717) is 17.1 Å². The molecule has 0 aromatic heterocycles. The predicted octanol–water partition coefficient (Wildman–Crippen LogP) is 2.23. The number of allylic oxidation sites excluding steroid dienone is 1. The zero-order valence-corrected chi connectivity index (χ0v) is 9.09. The first-order chi connectivity index (χ1) is 6.40. The normalized spacial score (nSPS) is 15.2. The molecule has 78 valence electrons. The lowest BCUT2D eigenvalue weighted by atomic mass is 10.2. The maximum absolute atomic E-state index is 10.5. The van der Waals surface area contributed by atoms with Gasteiger partial charge in [-0.3, -0.25) is 0 Å². The summed E-state index contributed by atoms with van der Waals surface area (Å²) in [6.45, 7) is 10.9. The third-order valence-electron chi connectivity index (χ3n) is 1.83. The summed E-state index contributed by atoms with van der Waals surface area (Å²) in [5.74, 6) is -0.384. The van der Waals surface area contributed by atoms with E-state index in [4.69, 9.17) is 0 Å². The van der Waals surface area contributed by atoms with Crippen LogP contribution in [-0.4, -0.2) is 11.9 Å². The quantitative estimate of drug-likeness (QED) is 0.367. The number of carbonyl (C=O) groups excluding carboxylic acids is 2. The molecule has 3 heteroatoms. The molecule has 0 fully saturated rings. The molecule has 1 aliphatic heterocycles. The van der Waals surface area contributed by atoms with Gasteiger partial charge in [-0.05, 0) is 19.8 Å². The van der Waals surface area contributed by atoms with Gasteiger partial charge in [0.25, 0.3) is 0 Å². The van der Waals surface area contributed by atoms with Crippen LogP contribution in [0.5, 0.6) is 0 Å². The smallest absolute Gasteiger partial charge is 0.342 e. The van der Waals surface area contributed by atoms with Crippen LogP contribution in [-0.2, 0) is 14.3 Å². The van der Waals surface area contributed by atoms with Crippen LogP contribution in [0, 0.1) is 5.92 Å². The van der Waals surface area contributed by atoms with Gasteiger partial charge in [0.2, 0.25) is 0 Å². The first-order valence-corrected chi connectivity index (χ1v) is 4.46. The Morgan fingerprint density at radius 2 is 1.43 bits per heavy atom. The Kier molecular flexibility index (Phi) is 4.84. The lowest BCUT2D eigenvalue weighted by Crippen LogP contribution is -2.00. The highest BCUT2D eigenvalue weighted by molar-refractivity contribution is 6.11. The molecule has 1 rings (SSSR count). The number of rotatable bonds is 1. The predicted molar refractivity (Wildman–Crippen MR) is 54.5 cm³/mol. The summed E-state index contributed by atoms with van der Waals surface area (Å²) in [5.41, 5.74) is 0.833. The van der Waals surface area contributed by atoms with Crippen LogP contribution in [0.3, 0.4) is 0 Å². The zero-order chi connectivity index (χ0) is 11.3. The standard InChI is InChI=1S/C6H6O3.C5H10/c1-3-4(2)6(8)9-5(3)7;1-4-5(2)3/h1-2H3;4-5H,1H2,2-3H3. The molecule has 0 saturated heterocycles. The second-order valence-corrected chi connectivity index (χ2v) is 3.41. The van der Waals surface area contributed by atoms with E-state index in [2.05, 4.69) is 25.2 Å². The fourth-order valence-electron chi connectivity index (χ4n) is 0.543. The summed E-state index contributed by atoms with van der Waals surface area (Å²) < 4.78 is 4.23. The Bertz CT molecular complexity index is 263. The summed E-state index contributed by atoms with van der Waals surface area (Å²) in [6.07, 6.45) is 1.92. The molecule has 1 aliphatic rings. The van der Waals surface area contributed by atoms with Gasteiger partial charge >= 0.3 is 11.9 Å². The minimum absolute atomic E-state index is 0.417. The third-order valence-corrected chi connectivity index (χ3v) is 1.83. The van der Waals surface area contributed by atoms with Crippen molar-refractivity contribution in [2.45, 2.75) is 27.7 Å². The van der Waals surface area contributed by atoms with Crippen LogP contribution in [0.1, 0.15) is 27.7 Å². The fourth-order valence-corrected chi connectivity index (χ4v) is 0.543. The summed E-state index contributed by atoms with van der Waals surface area (Å²) in [7, 11) is 0. The molecule has 0 aromatic rings. The average molecular weight is 196 g/mol. The minimum atomic E-state index is -0.516. The van der Waals surface area contributed by atoms with Crippen molar-refractivity contribution in [2.75, 3.05) is 0 Å². The van der Waals surface area contributed by atoms with Crippen molar-refractivity contribution in [2.24, 2.45) is 5.92 Å². The highest BCUT2D eigenvalue weighted by Crippen LogP contribution is 2.14. The summed E-state index contributed by atoms with van der Waals surface area (Å²) in [6, 6.07) is 0. The van der Waals surface area contributed by atoms with Crippen LogP contribution in [0.2, 0.25) is 0 Å². The largest absolute Gasteiger partial charge is 0.386 e. The van der Waals surface area contributed by atoms with Gasteiger partial charge < -0.3 is 4.74 Å². The van der Waals surface area contributed by atoms with E-state index in [0.717, 1.165) is 0 Å². The molecule has 0 radical (unpaired) electrons.